The number of hydrogen-bond donors (Lipinski definition) is 1. The molecule has 0 aliphatic rings. The third-order valence-electron chi connectivity index (χ3n) is 2.66. The number of nitrogens with two attached hydrogens (primary N) is 1. The molecule has 2 N–H and O–H groups in total. The molecule has 0 spiro atoms. The first-order valence-electron chi connectivity index (χ1n) is 6.59. The standard InChI is InChI=1S/C14H24N2O2S.ClH/c1-11(2)9-16(10-12(3)4)19(17,18)14-7-5-13(15)6-8-14;/h5-8,11-12H,9-10,15H2,1-4H3;1H. The number of hydrogen-bond acceptors (Lipinski definition) is 3. The highest BCUT2D eigenvalue weighted by molar-refractivity contribution is 7.89. The number of halogens is 1. The Bertz CT molecular complexity index is 488. The summed E-state index contributed by atoms with van der Waals surface area (Å²) in [7, 11) is -3.43. The van der Waals surface area contributed by atoms with Crippen LogP contribution in [0, 0.1) is 11.8 Å². The summed E-state index contributed by atoms with van der Waals surface area (Å²) in [5.41, 5.74) is 6.17. The second kappa shape index (κ2) is 7.86. The quantitative estimate of drug-likeness (QED) is 0.819. The molecule has 0 aromatic heterocycles. The maximum atomic E-state index is 12.6. The Hall–Kier alpha value is -0.780. The molecule has 0 unspecified atom stereocenters. The molecule has 0 amide bonds. The molecule has 6 heteroatoms. The van der Waals surface area contributed by atoms with E-state index in [1.165, 1.54) is 0 Å². The van der Waals surface area contributed by atoms with Gasteiger partial charge < -0.3 is 5.73 Å². The molecule has 0 bridgehead atoms. The van der Waals surface area contributed by atoms with Crippen LogP contribution in [0.5, 0.6) is 0 Å². The minimum Gasteiger partial charge on any atom is -0.399 e. The van der Waals surface area contributed by atoms with Crippen molar-refractivity contribution in [3.05, 3.63) is 24.3 Å². The van der Waals surface area contributed by atoms with Crippen LogP contribution in [0.3, 0.4) is 0 Å². The lowest BCUT2D eigenvalue weighted by atomic mass is 10.2. The van der Waals surface area contributed by atoms with Crippen LogP contribution in [0.15, 0.2) is 29.2 Å². The van der Waals surface area contributed by atoms with E-state index >= 15 is 0 Å². The summed E-state index contributed by atoms with van der Waals surface area (Å²) in [5.74, 6) is 0.588. The molecule has 0 saturated heterocycles. The highest BCUT2D eigenvalue weighted by Crippen LogP contribution is 2.19. The van der Waals surface area contributed by atoms with Crippen molar-refractivity contribution in [3.8, 4) is 0 Å². The number of benzene rings is 1. The molecule has 116 valence electrons. The third-order valence-corrected chi connectivity index (χ3v) is 4.50. The summed E-state index contributed by atoms with van der Waals surface area (Å²) in [6, 6.07) is 6.38. The van der Waals surface area contributed by atoms with Crippen molar-refractivity contribution in [1.82, 2.24) is 4.31 Å². The Balaban J connectivity index is 0.00000361. The molecule has 0 heterocycles. The summed E-state index contributed by atoms with van der Waals surface area (Å²) in [4.78, 5) is 0.308. The van der Waals surface area contributed by atoms with Crippen LogP contribution in [0.2, 0.25) is 0 Å². The van der Waals surface area contributed by atoms with E-state index in [1.807, 2.05) is 27.7 Å². The summed E-state index contributed by atoms with van der Waals surface area (Å²) in [6.45, 7) is 9.14. The highest BCUT2D eigenvalue weighted by Gasteiger charge is 2.25. The summed E-state index contributed by atoms with van der Waals surface area (Å²) in [5, 5.41) is 0. The zero-order chi connectivity index (χ0) is 14.6. The van der Waals surface area contributed by atoms with Gasteiger partial charge in [-0.2, -0.15) is 4.31 Å². The Morgan fingerprint density at radius 3 is 1.75 bits per heavy atom. The number of sulfonamides is 1. The monoisotopic (exact) mass is 320 g/mol. The van der Waals surface area contributed by atoms with Crippen LogP contribution >= 0.6 is 12.4 Å². The molecule has 20 heavy (non-hydrogen) atoms. The van der Waals surface area contributed by atoms with Crippen molar-refractivity contribution >= 4 is 28.1 Å². The Morgan fingerprint density at radius 1 is 1.00 bits per heavy atom. The van der Waals surface area contributed by atoms with Crippen molar-refractivity contribution in [1.29, 1.82) is 0 Å². The fraction of sp³-hybridized carbons (Fsp3) is 0.571. The van der Waals surface area contributed by atoms with Gasteiger partial charge in [-0.25, -0.2) is 8.42 Å². The zero-order valence-electron chi connectivity index (χ0n) is 12.5. The zero-order valence-corrected chi connectivity index (χ0v) is 14.2. The first-order valence-corrected chi connectivity index (χ1v) is 8.03. The van der Waals surface area contributed by atoms with E-state index in [2.05, 4.69) is 0 Å². The minimum absolute atomic E-state index is 0. The smallest absolute Gasteiger partial charge is 0.243 e. The van der Waals surface area contributed by atoms with Crippen LogP contribution in [0.25, 0.3) is 0 Å². The van der Waals surface area contributed by atoms with E-state index in [-0.39, 0.29) is 12.4 Å². The van der Waals surface area contributed by atoms with Crippen LogP contribution in [-0.4, -0.2) is 25.8 Å². The average Bonchev–Trinajstić information content (AvgIpc) is 2.27. The van der Waals surface area contributed by atoms with E-state index in [9.17, 15) is 8.42 Å². The molecule has 0 saturated carbocycles. The van der Waals surface area contributed by atoms with Crippen LogP contribution < -0.4 is 5.73 Å². The molecule has 0 fully saturated rings. The number of anilines is 1. The topological polar surface area (TPSA) is 63.4 Å². The Morgan fingerprint density at radius 2 is 1.40 bits per heavy atom. The van der Waals surface area contributed by atoms with Crippen molar-refractivity contribution in [3.63, 3.8) is 0 Å². The molecule has 0 radical (unpaired) electrons. The summed E-state index contributed by atoms with van der Waals surface area (Å²) in [6.07, 6.45) is 0. The predicted octanol–water partition coefficient (Wildman–Crippen LogP) is 2.99. The predicted molar refractivity (Wildman–Crippen MR) is 86.5 cm³/mol. The fourth-order valence-electron chi connectivity index (χ4n) is 1.87. The first kappa shape index (κ1) is 19.2. The summed E-state index contributed by atoms with van der Waals surface area (Å²) >= 11 is 0. The van der Waals surface area contributed by atoms with Crippen molar-refractivity contribution in [2.45, 2.75) is 32.6 Å². The lowest BCUT2D eigenvalue weighted by Crippen LogP contribution is -2.37. The molecule has 4 nitrogen and oxygen atoms in total. The maximum absolute atomic E-state index is 12.6. The average molecular weight is 321 g/mol. The lowest BCUT2D eigenvalue weighted by Gasteiger charge is -2.25. The van der Waals surface area contributed by atoms with E-state index in [0.29, 0.717) is 35.5 Å². The van der Waals surface area contributed by atoms with Crippen LogP contribution in [-0.2, 0) is 10.0 Å². The van der Waals surface area contributed by atoms with E-state index in [4.69, 9.17) is 5.73 Å². The molecule has 0 aliphatic heterocycles. The molecule has 1 aromatic rings. The minimum atomic E-state index is -3.43. The van der Waals surface area contributed by atoms with Gasteiger partial charge in [0.15, 0.2) is 0 Å². The molecule has 0 atom stereocenters. The fourth-order valence-corrected chi connectivity index (χ4v) is 3.64. The summed E-state index contributed by atoms with van der Waals surface area (Å²) < 4.78 is 26.8. The second-order valence-corrected chi connectivity index (χ2v) is 7.62. The normalized spacial score (nSPS) is 11.9. The molecule has 1 aromatic carbocycles. The van der Waals surface area contributed by atoms with Crippen LogP contribution in [0.1, 0.15) is 27.7 Å². The highest BCUT2D eigenvalue weighted by atomic mass is 35.5. The molecule has 0 aliphatic carbocycles. The number of nitrogen functional groups attached to an aromatic ring is 1. The van der Waals surface area contributed by atoms with Crippen LogP contribution in [0.4, 0.5) is 5.69 Å². The van der Waals surface area contributed by atoms with E-state index in [1.54, 1.807) is 28.6 Å². The Labute approximate surface area is 128 Å². The first-order chi connectivity index (χ1) is 8.73. The van der Waals surface area contributed by atoms with Gasteiger partial charge in [-0.3, -0.25) is 0 Å². The van der Waals surface area contributed by atoms with Gasteiger partial charge in [-0.1, -0.05) is 27.7 Å². The molecule has 1 rings (SSSR count). The lowest BCUT2D eigenvalue weighted by molar-refractivity contribution is 0.333. The second-order valence-electron chi connectivity index (χ2n) is 5.68. The van der Waals surface area contributed by atoms with E-state index in [0.717, 1.165) is 0 Å². The van der Waals surface area contributed by atoms with Gasteiger partial charge in [0.05, 0.1) is 4.90 Å². The largest absolute Gasteiger partial charge is 0.399 e. The number of rotatable bonds is 6. The maximum Gasteiger partial charge on any atom is 0.243 e. The van der Waals surface area contributed by atoms with Gasteiger partial charge in [-0.05, 0) is 36.1 Å². The molecular weight excluding hydrogens is 296 g/mol. The van der Waals surface area contributed by atoms with E-state index < -0.39 is 10.0 Å². The van der Waals surface area contributed by atoms with Gasteiger partial charge >= 0.3 is 0 Å². The van der Waals surface area contributed by atoms with Gasteiger partial charge in [0.1, 0.15) is 0 Å². The van der Waals surface area contributed by atoms with Crippen molar-refractivity contribution < 1.29 is 8.42 Å². The number of nitrogens with zero attached hydrogens (tertiary/aromatic N) is 1. The SMILES string of the molecule is CC(C)CN(CC(C)C)S(=O)(=O)c1ccc(N)cc1.Cl. The molecular formula is C14H25ClN2O2S. The van der Waals surface area contributed by atoms with Gasteiger partial charge in [0, 0.05) is 18.8 Å². The van der Waals surface area contributed by atoms with Gasteiger partial charge in [0.25, 0.3) is 0 Å². The van der Waals surface area contributed by atoms with Gasteiger partial charge in [-0.15, -0.1) is 12.4 Å². The van der Waals surface area contributed by atoms with Crippen molar-refractivity contribution in [2.24, 2.45) is 11.8 Å². The van der Waals surface area contributed by atoms with Gasteiger partial charge in [0.2, 0.25) is 10.0 Å². The Kier molecular flexibility index (Phi) is 7.55. The van der Waals surface area contributed by atoms with Crippen molar-refractivity contribution in [2.75, 3.05) is 18.8 Å². The third kappa shape index (κ3) is 5.31.